The molecule has 2 aliphatic rings. The molecule has 0 aromatic heterocycles. The molecule has 0 bridgehead atoms. The molecular formula is C29H24INO4. The Morgan fingerprint density at radius 2 is 1.71 bits per heavy atom. The number of benzene rings is 3. The molecule has 0 saturated heterocycles. The molecule has 5 rings (SSSR count). The first kappa shape index (κ1) is 23.4. The summed E-state index contributed by atoms with van der Waals surface area (Å²) in [5.74, 6) is -0.320. The Kier molecular flexibility index (Phi) is 6.23. The van der Waals surface area contributed by atoms with Crippen molar-refractivity contribution in [2.24, 2.45) is 0 Å². The first-order chi connectivity index (χ1) is 16.9. The monoisotopic (exact) mass is 577 g/mol. The second-order valence-electron chi connectivity index (χ2n) is 8.72. The van der Waals surface area contributed by atoms with Crippen LogP contribution in [0.5, 0.6) is 5.75 Å². The van der Waals surface area contributed by atoms with E-state index in [2.05, 4.69) is 59.1 Å². The smallest absolute Gasteiger partial charge is 0.336 e. The van der Waals surface area contributed by atoms with E-state index >= 15 is 0 Å². The fraction of sp³-hybridized carbons (Fsp3) is 0.172. The molecule has 0 amide bonds. The van der Waals surface area contributed by atoms with Crippen LogP contribution in [-0.2, 0) is 16.1 Å². The van der Waals surface area contributed by atoms with E-state index in [0.717, 1.165) is 31.7 Å². The summed E-state index contributed by atoms with van der Waals surface area (Å²) in [5.41, 5.74) is 7.08. The summed E-state index contributed by atoms with van der Waals surface area (Å²) < 4.78 is 12.1. The lowest BCUT2D eigenvalue weighted by Crippen LogP contribution is -2.29. The average Bonchev–Trinajstić information content (AvgIpc) is 3.14. The van der Waals surface area contributed by atoms with Crippen LogP contribution in [0.1, 0.15) is 45.5 Å². The number of esters is 1. The Hall–Kier alpha value is -3.39. The van der Waals surface area contributed by atoms with Gasteiger partial charge in [-0.1, -0.05) is 60.2 Å². The molecule has 176 valence electrons. The topological polar surface area (TPSA) is 64.6 Å². The second-order valence-corrected chi connectivity index (χ2v) is 9.88. The highest BCUT2D eigenvalue weighted by molar-refractivity contribution is 14.1. The lowest BCUT2D eigenvalue weighted by atomic mass is 9.80. The largest absolute Gasteiger partial charge is 0.488 e. The average molecular weight is 577 g/mol. The number of hydrogen-bond donors (Lipinski definition) is 1. The van der Waals surface area contributed by atoms with E-state index in [1.807, 2.05) is 49.4 Å². The highest BCUT2D eigenvalue weighted by Gasteiger charge is 2.42. The van der Waals surface area contributed by atoms with E-state index < -0.39 is 11.9 Å². The van der Waals surface area contributed by atoms with Crippen molar-refractivity contribution in [3.05, 3.63) is 115 Å². The molecule has 35 heavy (non-hydrogen) atoms. The third kappa shape index (κ3) is 4.16. The molecule has 0 unspecified atom stereocenters. The molecule has 3 aromatic carbocycles. The van der Waals surface area contributed by atoms with Crippen molar-refractivity contribution in [1.29, 1.82) is 0 Å². The number of carbonyl (C=O) groups is 2. The van der Waals surface area contributed by atoms with Crippen LogP contribution < -0.4 is 10.1 Å². The Labute approximate surface area is 218 Å². The highest BCUT2D eigenvalue weighted by Crippen LogP contribution is 2.47. The predicted molar refractivity (Wildman–Crippen MR) is 143 cm³/mol. The third-order valence-electron chi connectivity index (χ3n) is 6.46. The van der Waals surface area contributed by atoms with E-state index in [1.54, 1.807) is 0 Å². The van der Waals surface area contributed by atoms with Gasteiger partial charge in [-0.05, 0) is 59.7 Å². The van der Waals surface area contributed by atoms with E-state index in [-0.39, 0.29) is 5.78 Å². The van der Waals surface area contributed by atoms with Crippen molar-refractivity contribution in [2.75, 3.05) is 7.11 Å². The number of halogens is 1. The number of ketones is 1. The van der Waals surface area contributed by atoms with E-state index in [9.17, 15) is 9.59 Å². The molecule has 0 saturated carbocycles. The van der Waals surface area contributed by atoms with Gasteiger partial charge in [-0.25, -0.2) is 4.79 Å². The number of Topliss-reactive ketones (excluding diaryl/α,β-unsaturated/α-hetero) is 1. The number of nitrogens with one attached hydrogen (secondary N) is 1. The molecule has 5 nitrogen and oxygen atoms in total. The number of allylic oxidation sites excluding steroid dienone is 2. The maximum Gasteiger partial charge on any atom is 0.336 e. The standard InChI is InChI=1S/C29H24INO4/c1-16-8-10-18(11-9-16)15-35-23-13-12-19(14-22(23)30)25-24(29(33)34-3)17(2)31-27-20-6-4-5-7-21(20)28(32)26(25)27/h4-14,25,31H,15H2,1-3H3/t25-/m0/s1. The molecular weight excluding hydrogens is 553 g/mol. The van der Waals surface area contributed by atoms with Gasteiger partial charge in [-0.3, -0.25) is 4.79 Å². The summed E-state index contributed by atoms with van der Waals surface area (Å²) in [5, 5.41) is 3.31. The zero-order valence-electron chi connectivity index (χ0n) is 19.6. The Morgan fingerprint density at radius 1 is 1.00 bits per heavy atom. The van der Waals surface area contributed by atoms with Crippen molar-refractivity contribution >= 4 is 40.0 Å². The third-order valence-corrected chi connectivity index (χ3v) is 7.30. The molecule has 1 atom stereocenters. The Morgan fingerprint density at radius 3 is 2.40 bits per heavy atom. The normalized spacial score (nSPS) is 16.6. The number of ether oxygens (including phenoxy) is 2. The maximum atomic E-state index is 13.5. The van der Waals surface area contributed by atoms with Crippen LogP contribution in [0.2, 0.25) is 0 Å². The van der Waals surface area contributed by atoms with Crippen LogP contribution in [0, 0.1) is 10.5 Å². The van der Waals surface area contributed by atoms with Gasteiger partial charge in [-0.2, -0.15) is 0 Å². The number of carbonyl (C=O) groups excluding carboxylic acids is 2. The van der Waals surface area contributed by atoms with Gasteiger partial charge in [0.05, 0.1) is 22.0 Å². The SMILES string of the molecule is COC(=O)C1=C(C)NC2=C(C(=O)c3ccccc32)[C@H]1c1ccc(OCc2ccc(C)cc2)c(I)c1. The summed E-state index contributed by atoms with van der Waals surface area (Å²) >= 11 is 2.24. The lowest BCUT2D eigenvalue weighted by molar-refractivity contribution is -0.136. The van der Waals surface area contributed by atoms with Gasteiger partial charge in [0.15, 0.2) is 5.78 Å². The van der Waals surface area contributed by atoms with E-state index in [1.165, 1.54) is 12.7 Å². The van der Waals surface area contributed by atoms with Gasteiger partial charge < -0.3 is 14.8 Å². The fourth-order valence-corrected chi connectivity index (χ4v) is 5.40. The minimum Gasteiger partial charge on any atom is -0.488 e. The molecule has 1 heterocycles. The molecule has 1 aliphatic heterocycles. The number of rotatable bonds is 5. The molecule has 3 aromatic rings. The van der Waals surface area contributed by atoms with Gasteiger partial charge in [0.1, 0.15) is 12.4 Å². The molecule has 1 N–H and O–H groups in total. The van der Waals surface area contributed by atoms with Crippen molar-refractivity contribution in [1.82, 2.24) is 5.32 Å². The summed E-state index contributed by atoms with van der Waals surface area (Å²) in [4.78, 5) is 26.4. The summed E-state index contributed by atoms with van der Waals surface area (Å²) in [6.45, 7) is 4.36. The van der Waals surface area contributed by atoms with Crippen molar-refractivity contribution in [2.45, 2.75) is 26.4 Å². The summed E-state index contributed by atoms with van der Waals surface area (Å²) in [6, 6.07) is 21.6. The number of fused-ring (bicyclic) bond motifs is 2. The minimum atomic E-state index is -0.543. The molecule has 0 spiro atoms. The fourth-order valence-electron chi connectivity index (χ4n) is 4.70. The molecule has 0 radical (unpaired) electrons. The minimum absolute atomic E-state index is 0.0725. The van der Waals surface area contributed by atoms with E-state index in [4.69, 9.17) is 9.47 Å². The van der Waals surface area contributed by atoms with Gasteiger partial charge in [-0.15, -0.1) is 0 Å². The van der Waals surface area contributed by atoms with Gasteiger partial charge in [0.2, 0.25) is 0 Å². The number of dihydropyridines is 1. The van der Waals surface area contributed by atoms with Crippen LogP contribution in [0.25, 0.3) is 5.70 Å². The quantitative estimate of drug-likeness (QED) is 0.302. The molecule has 6 heteroatoms. The van der Waals surface area contributed by atoms with Crippen molar-refractivity contribution in [3.63, 3.8) is 0 Å². The van der Waals surface area contributed by atoms with Gasteiger partial charge in [0.25, 0.3) is 0 Å². The molecule has 1 aliphatic carbocycles. The highest BCUT2D eigenvalue weighted by atomic mass is 127. The van der Waals surface area contributed by atoms with Gasteiger partial charge >= 0.3 is 5.97 Å². The first-order valence-corrected chi connectivity index (χ1v) is 12.4. The van der Waals surface area contributed by atoms with Crippen molar-refractivity contribution < 1.29 is 19.1 Å². The lowest BCUT2D eigenvalue weighted by Gasteiger charge is -2.29. The Bertz CT molecular complexity index is 1420. The Balaban J connectivity index is 1.53. The van der Waals surface area contributed by atoms with Gasteiger partial charge in [0, 0.05) is 28.3 Å². The van der Waals surface area contributed by atoms with Crippen LogP contribution in [-0.4, -0.2) is 18.9 Å². The van der Waals surface area contributed by atoms with Crippen LogP contribution in [0.4, 0.5) is 0 Å². The zero-order chi connectivity index (χ0) is 24.7. The number of aryl methyl sites for hydroxylation is 1. The number of methoxy groups -OCH3 is 1. The van der Waals surface area contributed by atoms with Crippen molar-refractivity contribution in [3.8, 4) is 5.75 Å². The zero-order valence-corrected chi connectivity index (χ0v) is 21.8. The second kappa shape index (κ2) is 9.34. The van der Waals surface area contributed by atoms with Crippen LogP contribution in [0.15, 0.2) is 83.6 Å². The maximum absolute atomic E-state index is 13.5. The number of hydrogen-bond acceptors (Lipinski definition) is 5. The van der Waals surface area contributed by atoms with E-state index in [0.29, 0.717) is 29.0 Å². The van der Waals surface area contributed by atoms with Crippen LogP contribution in [0.3, 0.4) is 0 Å². The first-order valence-electron chi connectivity index (χ1n) is 11.3. The summed E-state index contributed by atoms with van der Waals surface area (Å²) in [7, 11) is 1.36. The molecule has 0 fully saturated rings. The predicted octanol–water partition coefficient (Wildman–Crippen LogP) is 5.92. The van der Waals surface area contributed by atoms with Crippen LogP contribution >= 0.6 is 22.6 Å². The summed E-state index contributed by atoms with van der Waals surface area (Å²) in [6.07, 6.45) is 0.